The largest absolute Gasteiger partial charge is 0.345 e. The van der Waals surface area contributed by atoms with Gasteiger partial charge in [-0.05, 0) is 12.0 Å². The van der Waals surface area contributed by atoms with E-state index in [0.29, 0.717) is 0 Å². The maximum absolute atomic E-state index is 4.39. The Labute approximate surface area is 111 Å². The van der Waals surface area contributed by atoms with Crippen molar-refractivity contribution < 1.29 is 0 Å². The summed E-state index contributed by atoms with van der Waals surface area (Å²) in [5, 5.41) is 0. The zero-order chi connectivity index (χ0) is 13.1. The minimum absolute atomic E-state index is 0.787. The molecule has 0 atom stereocenters. The number of hydrogen-bond acceptors (Lipinski definition) is 3. The quantitative estimate of drug-likeness (QED) is 0.777. The molecule has 2 heterocycles. The lowest BCUT2D eigenvalue weighted by Crippen LogP contribution is -1.92. The lowest BCUT2D eigenvalue weighted by atomic mass is 10.0. The van der Waals surface area contributed by atoms with Crippen molar-refractivity contribution in [1.82, 2.24) is 19.9 Å². The van der Waals surface area contributed by atoms with E-state index < -0.39 is 0 Å². The highest BCUT2D eigenvalue weighted by molar-refractivity contribution is 5.76. The number of nitrogens with zero attached hydrogens (tertiary/aromatic N) is 3. The van der Waals surface area contributed by atoms with Gasteiger partial charge in [-0.1, -0.05) is 31.2 Å². The second-order valence-corrected chi connectivity index (χ2v) is 4.27. The summed E-state index contributed by atoms with van der Waals surface area (Å²) in [6.07, 6.45) is 7.91. The van der Waals surface area contributed by atoms with E-state index in [9.17, 15) is 0 Å². The topological polar surface area (TPSA) is 54.5 Å². The first kappa shape index (κ1) is 11.6. The third-order valence-electron chi connectivity index (χ3n) is 3.10. The van der Waals surface area contributed by atoms with E-state index in [0.717, 1.165) is 29.1 Å². The van der Waals surface area contributed by atoms with E-state index in [4.69, 9.17) is 0 Å². The molecule has 0 saturated carbocycles. The molecule has 0 spiro atoms. The van der Waals surface area contributed by atoms with E-state index >= 15 is 0 Å². The van der Waals surface area contributed by atoms with Crippen LogP contribution in [0, 0.1) is 0 Å². The number of imidazole rings is 1. The fourth-order valence-corrected chi connectivity index (χ4v) is 2.04. The third kappa shape index (κ3) is 2.25. The van der Waals surface area contributed by atoms with Crippen molar-refractivity contribution in [2.45, 2.75) is 13.3 Å². The second kappa shape index (κ2) is 5.02. The molecule has 3 aromatic rings. The number of nitrogens with one attached hydrogen (secondary N) is 1. The van der Waals surface area contributed by atoms with E-state index in [-0.39, 0.29) is 0 Å². The fourth-order valence-electron chi connectivity index (χ4n) is 2.04. The maximum atomic E-state index is 4.39. The van der Waals surface area contributed by atoms with Crippen LogP contribution in [0.25, 0.3) is 22.6 Å². The summed E-state index contributed by atoms with van der Waals surface area (Å²) in [5.74, 6) is 0.787. The summed E-state index contributed by atoms with van der Waals surface area (Å²) < 4.78 is 0. The van der Waals surface area contributed by atoms with Crippen LogP contribution in [-0.4, -0.2) is 19.9 Å². The van der Waals surface area contributed by atoms with Gasteiger partial charge in [0, 0.05) is 24.2 Å². The first-order valence-corrected chi connectivity index (χ1v) is 6.27. The number of benzene rings is 1. The van der Waals surface area contributed by atoms with E-state index in [1.165, 1.54) is 5.56 Å². The van der Waals surface area contributed by atoms with Gasteiger partial charge in [0.15, 0.2) is 0 Å². The zero-order valence-corrected chi connectivity index (χ0v) is 10.7. The van der Waals surface area contributed by atoms with Crippen molar-refractivity contribution in [3.05, 3.63) is 54.7 Å². The molecule has 19 heavy (non-hydrogen) atoms. The van der Waals surface area contributed by atoms with Crippen LogP contribution >= 0.6 is 0 Å². The predicted octanol–water partition coefficient (Wildman–Crippen LogP) is 3.10. The molecule has 0 fully saturated rings. The molecule has 4 nitrogen and oxygen atoms in total. The second-order valence-electron chi connectivity index (χ2n) is 4.27. The standard InChI is InChI=1S/C15H14N4/c1-2-11-3-5-12(6-4-11)14-13(9-16-10-19-14)15-17-7-8-18-15/h3-10H,2H2,1H3,(H,17,18). The van der Waals surface area contributed by atoms with Gasteiger partial charge in [-0.2, -0.15) is 0 Å². The van der Waals surface area contributed by atoms with Crippen LogP contribution in [0.2, 0.25) is 0 Å². The van der Waals surface area contributed by atoms with Crippen molar-refractivity contribution in [2.75, 3.05) is 0 Å². The van der Waals surface area contributed by atoms with Crippen LogP contribution in [0.3, 0.4) is 0 Å². The smallest absolute Gasteiger partial charge is 0.141 e. The molecule has 1 N–H and O–H groups in total. The van der Waals surface area contributed by atoms with E-state index in [1.54, 1.807) is 24.9 Å². The molecular formula is C15H14N4. The van der Waals surface area contributed by atoms with Crippen molar-refractivity contribution in [3.63, 3.8) is 0 Å². The summed E-state index contributed by atoms with van der Waals surface area (Å²) in [4.78, 5) is 15.8. The van der Waals surface area contributed by atoms with Crippen molar-refractivity contribution in [1.29, 1.82) is 0 Å². The first-order chi connectivity index (χ1) is 9.38. The Morgan fingerprint density at radius 2 is 1.95 bits per heavy atom. The number of rotatable bonds is 3. The summed E-state index contributed by atoms with van der Waals surface area (Å²) in [5.41, 5.74) is 4.20. The molecule has 0 aliphatic heterocycles. The van der Waals surface area contributed by atoms with Crippen LogP contribution in [0.5, 0.6) is 0 Å². The van der Waals surface area contributed by atoms with Crippen molar-refractivity contribution >= 4 is 0 Å². The Morgan fingerprint density at radius 1 is 1.11 bits per heavy atom. The summed E-state index contributed by atoms with van der Waals surface area (Å²) in [6.45, 7) is 2.15. The molecular weight excluding hydrogens is 236 g/mol. The molecule has 0 bridgehead atoms. The number of hydrogen-bond donors (Lipinski definition) is 1. The zero-order valence-electron chi connectivity index (χ0n) is 10.7. The normalized spacial score (nSPS) is 10.6. The van der Waals surface area contributed by atoms with Gasteiger partial charge in [0.25, 0.3) is 0 Å². The molecule has 94 valence electrons. The predicted molar refractivity (Wildman–Crippen MR) is 74.4 cm³/mol. The molecule has 3 rings (SSSR count). The Hall–Kier alpha value is -2.49. The van der Waals surface area contributed by atoms with Gasteiger partial charge in [0.05, 0.1) is 11.3 Å². The van der Waals surface area contributed by atoms with E-state index in [1.807, 2.05) is 0 Å². The lowest BCUT2D eigenvalue weighted by molar-refractivity contribution is 1.13. The first-order valence-electron chi connectivity index (χ1n) is 6.27. The van der Waals surface area contributed by atoms with Crippen LogP contribution in [0.15, 0.2) is 49.2 Å². The van der Waals surface area contributed by atoms with Gasteiger partial charge in [-0.15, -0.1) is 0 Å². The number of aromatic amines is 1. The monoisotopic (exact) mass is 250 g/mol. The van der Waals surface area contributed by atoms with Gasteiger partial charge in [0.1, 0.15) is 12.2 Å². The maximum Gasteiger partial charge on any atom is 0.141 e. The molecule has 0 amide bonds. The van der Waals surface area contributed by atoms with E-state index in [2.05, 4.69) is 51.1 Å². The molecule has 0 aliphatic rings. The Kier molecular flexibility index (Phi) is 3.06. The Morgan fingerprint density at radius 3 is 2.63 bits per heavy atom. The molecule has 0 unspecified atom stereocenters. The van der Waals surface area contributed by atoms with Crippen LogP contribution in [0.1, 0.15) is 12.5 Å². The number of aryl methyl sites for hydroxylation is 1. The average molecular weight is 250 g/mol. The van der Waals surface area contributed by atoms with Crippen LogP contribution < -0.4 is 0 Å². The van der Waals surface area contributed by atoms with Gasteiger partial charge in [0.2, 0.25) is 0 Å². The molecule has 4 heteroatoms. The molecule has 0 aliphatic carbocycles. The van der Waals surface area contributed by atoms with Crippen molar-refractivity contribution in [3.8, 4) is 22.6 Å². The lowest BCUT2D eigenvalue weighted by Gasteiger charge is -2.06. The van der Waals surface area contributed by atoms with Gasteiger partial charge in [-0.3, -0.25) is 0 Å². The van der Waals surface area contributed by atoms with Gasteiger partial charge >= 0.3 is 0 Å². The highest BCUT2D eigenvalue weighted by Gasteiger charge is 2.10. The summed E-state index contributed by atoms with van der Waals surface area (Å²) in [7, 11) is 0. The molecule has 2 aromatic heterocycles. The Bertz CT molecular complexity index is 657. The Balaban J connectivity index is 2.09. The molecule has 0 radical (unpaired) electrons. The number of aromatic nitrogens is 4. The minimum Gasteiger partial charge on any atom is -0.345 e. The highest BCUT2D eigenvalue weighted by atomic mass is 14.9. The molecule has 1 aromatic carbocycles. The SMILES string of the molecule is CCc1ccc(-c2ncncc2-c2ncc[nH]2)cc1. The average Bonchev–Trinajstić information content (AvgIpc) is 3.01. The van der Waals surface area contributed by atoms with Gasteiger partial charge < -0.3 is 4.98 Å². The third-order valence-corrected chi connectivity index (χ3v) is 3.10. The highest BCUT2D eigenvalue weighted by Crippen LogP contribution is 2.27. The van der Waals surface area contributed by atoms with Crippen molar-refractivity contribution in [2.24, 2.45) is 0 Å². The van der Waals surface area contributed by atoms with Gasteiger partial charge in [-0.25, -0.2) is 15.0 Å². The molecule has 0 saturated heterocycles. The summed E-state index contributed by atoms with van der Waals surface area (Å²) >= 11 is 0. The fraction of sp³-hybridized carbons (Fsp3) is 0.133. The van der Waals surface area contributed by atoms with Crippen LogP contribution in [-0.2, 0) is 6.42 Å². The van der Waals surface area contributed by atoms with Crippen LogP contribution in [0.4, 0.5) is 0 Å². The number of H-pyrrole nitrogens is 1. The summed E-state index contributed by atoms with van der Waals surface area (Å²) in [6, 6.07) is 8.44. The minimum atomic E-state index is 0.787.